The first-order valence-electron chi connectivity index (χ1n) is 6.63. The zero-order valence-corrected chi connectivity index (χ0v) is 11.9. The molecule has 2 unspecified atom stereocenters. The van der Waals surface area contributed by atoms with E-state index in [1.54, 1.807) is 11.6 Å². The van der Waals surface area contributed by atoms with Crippen LogP contribution in [-0.2, 0) is 0 Å². The molecule has 106 valence electrons. The summed E-state index contributed by atoms with van der Waals surface area (Å²) in [6.45, 7) is 3.82. The Morgan fingerprint density at radius 2 is 2.45 bits per heavy atom. The third kappa shape index (κ3) is 2.34. The maximum atomic E-state index is 12.3. The van der Waals surface area contributed by atoms with Gasteiger partial charge >= 0.3 is 0 Å². The van der Waals surface area contributed by atoms with Crippen LogP contribution in [0.3, 0.4) is 0 Å². The molecule has 1 aliphatic heterocycles. The Morgan fingerprint density at radius 1 is 1.60 bits per heavy atom. The molecule has 1 aliphatic rings. The van der Waals surface area contributed by atoms with Crippen LogP contribution in [0.15, 0.2) is 22.6 Å². The highest BCUT2D eigenvalue weighted by atomic mass is 32.1. The van der Waals surface area contributed by atoms with Crippen molar-refractivity contribution < 1.29 is 4.79 Å². The number of carbonyl (C=O) groups excluding carboxylic acids is 1. The molecule has 0 saturated carbocycles. The molecule has 3 heterocycles. The standard InChI is InChI=1S/C13H16N4O2S/c1-8-2-3-14-7-10(8)16-11(18)9-6-15-13-17(12(9)19)4-5-20-13/h4-6,8,10,14H,2-3,7H2,1H3,(H,16,18). The Morgan fingerprint density at radius 3 is 3.25 bits per heavy atom. The van der Waals surface area contributed by atoms with Crippen LogP contribution in [0.1, 0.15) is 23.7 Å². The predicted octanol–water partition coefficient (Wildman–Crippen LogP) is 0.484. The fraction of sp³-hybridized carbons (Fsp3) is 0.462. The van der Waals surface area contributed by atoms with Gasteiger partial charge in [-0.05, 0) is 18.9 Å². The van der Waals surface area contributed by atoms with Gasteiger partial charge in [0.05, 0.1) is 0 Å². The van der Waals surface area contributed by atoms with Crippen LogP contribution in [0.4, 0.5) is 0 Å². The van der Waals surface area contributed by atoms with Crippen molar-refractivity contribution in [3.63, 3.8) is 0 Å². The van der Waals surface area contributed by atoms with E-state index in [1.807, 2.05) is 0 Å². The zero-order valence-electron chi connectivity index (χ0n) is 11.1. The summed E-state index contributed by atoms with van der Waals surface area (Å²) in [5.41, 5.74) is -0.219. The molecular weight excluding hydrogens is 276 g/mol. The zero-order chi connectivity index (χ0) is 14.1. The summed E-state index contributed by atoms with van der Waals surface area (Å²) in [6.07, 6.45) is 4.02. The normalized spacial score (nSPS) is 22.9. The van der Waals surface area contributed by atoms with E-state index in [9.17, 15) is 9.59 Å². The summed E-state index contributed by atoms with van der Waals surface area (Å²) in [6, 6.07) is 0.0545. The molecule has 1 saturated heterocycles. The first kappa shape index (κ1) is 13.3. The molecule has 3 rings (SSSR count). The van der Waals surface area contributed by atoms with Crippen molar-refractivity contribution in [3.05, 3.63) is 33.7 Å². The Bertz CT molecular complexity index is 693. The number of carbonyl (C=O) groups is 1. The SMILES string of the molecule is CC1CCNCC1NC(=O)c1cnc2sccn2c1=O. The van der Waals surface area contributed by atoms with Gasteiger partial charge in [-0.2, -0.15) is 0 Å². The van der Waals surface area contributed by atoms with Crippen LogP contribution in [0.2, 0.25) is 0 Å². The van der Waals surface area contributed by atoms with E-state index >= 15 is 0 Å². The van der Waals surface area contributed by atoms with Gasteiger partial charge < -0.3 is 10.6 Å². The van der Waals surface area contributed by atoms with Gasteiger partial charge in [0.25, 0.3) is 11.5 Å². The van der Waals surface area contributed by atoms with Crippen molar-refractivity contribution >= 4 is 22.2 Å². The quantitative estimate of drug-likeness (QED) is 0.844. The minimum Gasteiger partial charge on any atom is -0.348 e. The molecule has 6 nitrogen and oxygen atoms in total. The molecule has 2 atom stereocenters. The molecule has 0 spiro atoms. The molecule has 0 aromatic carbocycles. The molecule has 1 amide bonds. The number of nitrogens with zero attached hydrogens (tertiary/aromatic N) is 2. The lowest BCUT2D eigenvalue weighted by atomic mass is 9.94. The molecule has 7 heteroatoms. The lowest BCUT2D eigenvalue weighted by molar-refractivity contribution is 0.0913. The second-order valence-corrected chi connectivity index (χ2v) is 5.96. The Balaban J connectivity index is 1.85. The maximum Gasteiger partial charge on any atom is 0.271 e. The van der Waals surface area contributed by atoms with Crippen molar-refractivity contribution in [1.29, 1.82) is 0 Å². The van der Waals surface area contributed by atoms with E-state index in [-0.39, 0.29) is 23.1 Å². The van der Waals surface area contributed by atoms with E-state index in [0.29, 0.717) is 10.9 Å². The maximum absolute atomic E-state index is 12.3. The first-order valence-corrected chi connectivity index (χ1v) is 7.51. The molecule has 1 fully saturated rings. The van der Waals surface area contributed by atoms with Gasteiger partial charge in [-0.1, -0.05) is 6.92 Å². The largest absolute Gasteiger partial charge is 0.348 e. The van der Waals surface area contributed by atoms with E-state index in [1.165, 1.54) is 21.9 Å². The molecular formula is C13H16N4O2S. The van der Waals surface area contributed by atoms with Gasteiger partial charge in [0, 0.05) is 30.4 Å². The van der Waals surface area contributed by atoms with Crippen LogP contribution >= 0.6 is 11.3 Å². The lowest BCUT2D eigenvalue weighted by Gasteiger charge is -2.30. The van der Waals surface area contributed by atoms with Crippen molar-refractivity contribution in [2.45, 2.75) is 19.4 Å². The molecule has 20 heavy (non-hydrogen) atoms. The van der Waals surface area contributed by atoms with E-state index in [4.69, 9.17) is 0 Å². The van der Waals surface area contributed by atoms with Gasteiger partial charge in [-0.25, -0.2) is 4.98 Å². The summed E-state index contributed by atoms with van der Waals surface area (Å²) in [5.74, 6) is 0.0597. The van der Waals surface area contributed by atoms with Gasteiger partial charge in [0.15, 0.2) is 4.96 Å². The molecule has 0 aliphatic carbocycles. The van der Waals surface area contributed by atoms with Crippen LogP contribution in [0.5, 0.6) is 0 Å². The predicted molar refractivity (Wildman–Crippen MR) is 77.2 cm³/mol. The summed E-state index contributed by atoms with van der Waals surface area (Å²) in [4.78, 5) is 29.2. The van der Waals surface area contributed by atoms with Crippen molar-refractivity contribution in [3.8, 4) is 0 Å². The second kappa shape index (κ2) is 5.34. The van der Waals surface area contributed by atoms with E-state index < -0.39 is 0 Å². The summed E-state index contributed by atoms with van der Waals surface area (Å²) in [5, 5.41) is 7.96. The van der Waals surface area contributed by atoms with Crippen molar-refractivity contribution in [2.24, 2.45) is 5.92 Å². The van der Waals surface area contributed by atoms with Gasteiger partial charge in [-0.15, -0.1) is 11.3 Å². The minimum absolute atomic E-state index is 0.0545. The van der Waals surface area contributed by atoms with E-state index in [0.717, 1.165) is 19.5 Å². The van der Waals surface area contributed by atoms with Gasteiger partial charge in [-0.3, -0.25) is 14.0 Å². The topological polar surface area (TPSA) is 75.5 Å². The number of piperidine rings is 1. The molecule has 2 aromatic rings. The fourth-order valence-corrected chi connectivity index (χ4v) is 3.08. The number of hydrogen-bond acceptors (Lipinski definition) is 5. The highest BCUT2D eigenvalue weighted by Crippen LogP contribution is 2.12. The second-order valence-electron chi connectivity index (χ2n) is 5.08. The summed E-state index contributed by atoms with van der Waals surface area (Å²) < 4.78 is 1.40. The highest BCUT2D eigenvalue weighted by molar-refractivity contribution is 7.15. The number of thiazole rings is 1. The summed E-state index contributed by atoms with van der Waals surface area (Å²) >= 11 is 1.37. The number of fused-ring (bicyclic) bond motifs is 1. The Hall–Kier alpha value is -1.73. The number of amides is 1. The van der Waals surface area contributed by atoms with Crippen molar-refractivity contribution in [2.75, 3.05) is 13.1 Å². The lowest BCUT2D eigenvalue weighted by Crippen LogP contribution is -2.51. The van der Waals surface area contributed by atoms with Gasteiger partial charge in [0.2, 0.25) is 0 Å². The van der Waals surface area contributed by atoms with Crippen LogP contribution in [0.25, 0.3) is 4.96 Å². The first-order chi connectivity index (χ1) is 9.66. The third-order valence-corrected chi connectivity index (χ3v) is 4.50. The van der Waals surface area contributed by atoms with Crippen LogP contribution < -0.4 is 16.2 Å². The van der Waals surface area contributed by atoms with Crippen LogP contribution in [0, 0.1) is 5.92 Å². The summed E-state index contributed by atoms with van der Waals surface area (Å²) in [7, 11) is 0. The van der Waals surface area contributed by atoms with Crippen molar-refractivity contribution in [1.82, 2.24) is 20.0 Å². The molecule has 0 radical (unpaired) electrons. The number of aromatic nitrogens is 2. The average Bonchev–Trinajstić information content (AvgIpc) is 2.91. The third-order valence-electron chi connectivity index (χ3n) is 3.73. The number of rotatable bonds is 2. The van der Waals surface area contributed by atoms with Crippen LogP contribution in [-0.4, -0.2) is 34.4 Å². The number of hydrogen-bond donors (Lipinski definition) is 2. The fourth-order valence-electron chi connectivity index (χ4n) is 2.41. The number of nitrogens with one attached hydrogen (secondary N) is 2. The monoisotopic (exact) mass is 292 g/mol. The smallest absolute Gasteiger partial charge is 0.271 e. The molecule has 0 bridgehead atoms. The minimum atomic E-state index is -0.344. The molecule has 2 aromatic heterocycles. The highest BCUT2D eigenvalue weighted by Gasteiger charge is 2.24. The molecule has 2 N–H and O–H groups in total. The Kier molecular flexibility index (Phi) is 3.54. The van der Waals surface area contributed by atoms with E-state index in [2.05, 4.69) is 22.5 Å². The Labute approximate surface area is 119 Å². The van der Waals surface area contributed by atoms with Gasteiger partial charge in [0.1, 0.15) is 5.56 Å². The average molecular weight is 292 g/mol.